The molecule has 1 rings (SSSR count). The largest absolute Gasteiger partial charge is 0.395 e. The molecule has 1 heterocycles. The summed E-state index contributed by atoms with van der Waals surface area (Å²) in [5.74, 6) is 0.916. The first-order chi connectivity index (χ1) is 6.81. The standard InChI is InChI=1S/C9H18N4O/c1-3-8(6-14)10-5-9-11-7-12-13(9)4-2/h7-8,10,14H,3-6H2,1-2H3. The Kier molecular flexibility index (Phi) is 4.55. The summed E-state index contributed by atoms with van der Waals surface area (Å²) < 4.78 is 1.84. The van der Waals surface area contributed by atoms with Crippen molar-refractivity contribution >= 4 is 0 Å². The van der Waals surface area contributed by atoms with Crippen molar-refractivity contribution in [2.24, 2.45) is 0 Å². The van der Waals surface area contributed by atoms with Crippen LogP contribution in [0.25, 0.3) is 0 Å². The Hall–Kier alpha value is -0.940. The molecule has 5 heteroatoms. The lowest BCUT2D eigenvalue weighted by atomic mass is 10.2. The summed E-state index contributed by atoms with van der Waals surface area (Å²) >= 11 is 0. The summed E-state index contributed by atoms with van der Waals surface area (Å²) in [4.78, 5) is 4.14. The van der Waals surface area contributed by atoms with Crippen molar-refractivity contribution in [2.45, 2.75) is 39.4 Å². The molecule has 0 aliphatic carbocycles. The van der Waals surface area contributed by atoms with Crippen LogP contribution in [0.2, 0.25) is 0 Å². The summed E-state index contributed by atoms with van der Waals surface area (Å²) in [6.07, 6.45) is 2.47. The van der Waals surface area contributed by atoms with Crippen LogP contribution in [0.1, 0.15) is 26.1 Å². The Bertz CT molecular complexity index is 257. The van der Waals surface area contributed by atoms with E-state index in [0.29, 0.717) is 6.54 Å². The number of aromatic nitrogens is 3. The highest BCUT2D eigenvalue weighted by atomic mass is 16.3. The number of hydrogen-bond donors (Lipinski definition) is 2. The van der Waals surface area contributed by atoms with Gasteiger partial charge in [-0.1, -0.05) is 6.92 Å². The van der Waals surface area contributed by atoms with E-state index < -0.39 is 0 Å². The Morgan fingerprint density at radius 3 is 2.93 bits per heavy atom. The van der Waals surface area contributed by atoms with Gasteiger partial charge >= 0.3 is 0 Å². The zero-order valence-corrected chi connectivity index (χ0v) is 8.77. The van der Waals surface area contributed by atoms with E-state index in [1.54, 1.807) is 6.33 Å². The first-order valence-electron chi connectivity index (χ1n) is 5.02. The van der Waals surface area contributed by atoms with E-state index in [1.165, 1.54) is 0 Å². The van der Waals surface area contributed by atoms with Crippen molar-refractivity contribution in [3.8, 4) is 0 Å². The average molecular weight is 198 g/mol. The Balaban J connectivity index is 2.44. The molecule has 0 amide bonds. The van der Waals surface area contributed by atoms with Crippen LogP contribution in [0.4, 0.5) is 0 Å². The van der Waals surface area contributed by atoms with E-state index in [2.05, 4.69) is 15.4 Å². The number of rotatable bonds is 6. The topological polar surface area (TPSA) is 63.0 Å². The maximum atomic E-state index is 8.98. The van der Waals surface area contributed by atoms with Gasteiger partial charge in [0.15, 0.2) is 0 Å². The first kappa shape index (κ1) is 11.1. The zero-order valence-electron chi connectivity index (χ0n) is 8.77. The number of nitrogens with zero attached hydrogens (tertiary/aromatic N) is 3. The molecule has 1 unspecified atom stereocenters. The van der Waals surface area contributed by atoms with Crippen LogP contribution >= 0.6 is 0 Å². The molecule has 0 radical (unpaired) electrons. The lowest BCUT2D eigenvalue weighted by Crippen LogP contribution is -2.32. The molecule has 1 atom stereocenters. The average Bonchev–Trinajstić information content (AvgIpc) is 2.67. The molecule has 0 spiro atoms. The van der Waals surface area contributed by atoms with Crippen LogP contribution in [0, 0.1) is 0 Å². The van der Waals surface area contributed by atoms with Crippen molar-refractivity contribution in [2.75, 3.05) is 6.61 Å². The van der Waals surface area contributed by atoms with Crippen LogP contribution in [-0.4, -0.2) is 32.5 Å². The third kappa shape index (κ3) is 2.78. The minimum atomic E-state index is 0.150. The molecule has 2 N–H and O–H groups in total. The molecule has 0 saturated carbocycles. The molecule has 0 saturated heterocycles. The summed E-state index contributed by atoms with van der Waals surface area (Å²) in [6, 6.07) is 0.150. The molecule has 0 bridgehead atoms. The second-order valence-electron chi connectivity index (χ2n) is 3.16. The maximum absolute atomic E-state index is 8.98. The van der Waals surface area contributed by atoms with Crippen molar-refractivity contribution in [1.29, 1.82) is 0 Å². The summed E-state index contributed by atoms with van der Waals surface area (Å²) in [7, 11) is 0. The lowest BCUT2D eigenvalue weighted by molar-refractivity contribution is 0.237. The molecule has 14 heavy (non-hydrogen) atoms. The van der Waals surface area contributed by atoms with E-state index in [1.807, 2.05) is 18.5 Å². The van der Waals surface area contributed by atoms with Gasteiger partial charge in [-0.25, -0.2) is 9.67 Å². The molecule has 0 fully saturated rings. The predicted molar refractivity (Wildman–Crippen MR) is 53.7 cm³/mol. The minimum absolute atomic E-state index is 0.150. The monoisotopic (exact) mass is 198 g/mol. The molecule has 0 aliphatic heterocycles. The number of aryl methyl sites for hydroxylation is 1. The van der Waals surface area contributed by atoms with Gasteiger partial charge in [-0.05, 0) is 13.3 Å². The Labute approximate surface area is 84.2 Å². The van der Waals surface area contributed by atoms with Crippen molar-refractivity contribution in [1.82, 2.24) is 20.1 Å². The fourth-order valence-corrected chi connectivity index (χ4v) is 1.26. The van der Waals surface area contributed by atoms with Gasteiger partial charge in [-0.3, -0.25) is 0 Å². The summed E-state index contributed by atoms with van der Waals surface area (Å²) in [5.41, 5.74) is 0. The van der Waals surface area contributed by atoms with Gasteiger partial charge in [-0.15, -0.1) is 0 Å². The number of aliphatic hydroxyl groups is 1. The summed E-state index contributed by atoms with van der Waals surface area (Å²) in [5, 5.41) is 16.3. The maximum Gasteiger partial charge on any atom is 0.140 e. The normalized spacial score (nSPS) is 13.1. The molecule has 0 aliphatic rings. The van der Waals surface area contributed by atoms with E-state index >= 15 is 0 Å². The third-order valence-electron chi connectivity index (χ3n) is 2.26. The highest BCUT2D eigenvalue weighted by Gasteiger charge is 2.06. The van der Waals surface area contributed by atoms with Crippen molar-refractivity contribution in [3.63, 3.8) is 0 Å². The van der Waals surface area contributed by atoms with E-state index in [-0.39, 0.29) is 12.6 Å². The van der Waals surface area contributed by atoms with Crippen molar-refractivity contribution < 1.29 is 5.11 Å². The highest BCUT2D eigenvalue weighted by molar-refractivity contribution is 4.84. The molecule has 0 aromatic carbocycles. The smallest absolute Gasteiger partial charge is 0.140 e. The van der Waals surface area contributed by atoms with Gasteiger partial charge in [0.25, 0.3) is 0 Å². The fourth-order valence-electron chi connectivity index (χ4n) is 1.26. The van der Waals surface area contributed by atoms with E-state index in [9.17, 15) is 0 Å². The molecule has 1 aromatic heterocycles. The second-order valence-corrected chi connectivity index (χ2v) is 3.16. The molecular formula is C9H18N4O. The SMILES string of the molecule is CCC(CO)NCc1ncnn1CC. The first-order valence-corrected chi connectivity index (χ1v) is 5.02. The highest BCUT2D eigenvalue weighted by Crippen LogP contribution is 1.96. The molecule has 5 nitrogen and oxygen atoms in total. The number of aliphatic hydroxyl groups excluding tert-OH is 1. The van der Waals surface area contributed by atoms with Crippen LogP contribution in [0.15, 0.2) is 6.33 Å². The van der Waals surface area contributed by atoms with Gasteiger partial charge in [-0.2, -0.15) is 5.10 Å². The second kappa shape index (κ2) is 5.72. The Morgan fingerprint density at radius 2 is 2.36 bits per heavy atom. The van der Waals surface area contributed by atoms with Gasteiger partial charge < -0.3 is 10.4 Å². The van der Waals surface area contributed by atoms with E-state index in [4.69, 9.17) is 5.11 Å². The zero-order chi connectivity index (χ0) is 10.4. The van der Waals surface area contributed by atoms with Crippen LogP contribution in [0.3, 0.4) is 0 Å². The molecule has 80 valence electrons. The quantitative estimate of drug-likeness (QED) is 0.683. The number of nitrogens with one attached hydrogen (secondary N) is 1. The lowest BCUT2D eigenvalue weighted by Gasteiger charge is -2.13. The predicted octanol–water partition coefficient (Wildman–Crippen LogP) is 0.158. The van der Waals surface area contributed by atoms with Gasteiger partial charge in [0.05, 0.1) is 13.2 Å². The number of hydrogen-bond acceptors (Lipinski definition) is 4. The summed E-state index contributed by atoms with van der Waals surface area (Å²) in [6.45, 7) is 5.72. The van der Waals surface area contributed by atoms with Crippen LogP contribution < -0.4 is 5.32 Å². The van der Waals surface area contributed by atoms with E-state index in [0.717, 1.165) is 18.8 Å². The van der Waals surface area contributed by atoms with Crippen LogP contribution in [0.5, 0.6) is 0 Å². The molecule has 1 aromatic rings. The third-order valence-corrected chi connectivity index (χ3v) is 2.26. The van der Waals surface area contributed by atoms with Gasteiger partial charge in [0.2, 0.25) is 0 Å². The van der Waals surface area contributed by atoms with Crippen molar-refractivity contribution in [3.05, 3.63) is 12.2 Å². The van der Waals surface area contributed by atoms with Crippen LogP contribution in [-0.2, 0) is 13.1 Å². The Morgan fingerprint density at radius 1 is 1.57 bits per heavy atom. The van der Waals surface area contributed by atoms with Gasteiger partial charge in [0, 0.05) is 12.6 Å². The van der Waals surface area contributed by atoms with Gasteiger partial charge in [0.1, 0.15) is 12.2 Å². The minimum Gasteiger partial charge on any atom is -0.395 e. The molecular weight excluding hydrogens is 180 g/mol. The fraction of sp³-hybridized carbons (Fsp3) is 0.778.